The molecule has 0 bridgehead atoms. The molecule has 0 saturated carbocycles. The SMILES string of the molecule is Cc1cc(Nc2nccn3c(-c4ccc(OCC#N)c(F)c4F)cnc23)ccc1C(=O)N1CCN(C(=O)[C@@H]2CCNC[C@@H]2O)CC1.O=CO. The number of benzene rings is 2. The fourth-order valence-corrected chi connectivity index (χ4v) is 5.94. The highest BCUT2D eigenvalue weighted by Crippen LogP contribution is 2.32. The summed E-state index contributed by atoms with van der Waals surface area (Å²) < 4.78 is 36.1. The molecule has 2 aromatic carbocycles. The fourth-order valence-electron chi connectivity index (χ4n) is 5.94. The summed E-state index contributed by atoms with van der Waals surface area (Å²) in [5, 5.41) is 32.1. The molecular weight excluding hydrogens is 642 g/mol. The molecule has 2 aliphatic heterocycles. The number of piperidine rings is 1. The van der Waals surface area contributed by atoms with Crippen molar-refractivity contribution in [1.29, 1.82) is 5.26 Å². The van der Waals surface area contributed by atoms with E-state index < -0.39 is 30.3 Å². The fraction of sp³-hybridized carbons (Fsp3) is 0.333. The topological polar surface area (TPSA) is 185 Å². The van der Waals surface area contributed by atoms with Crippen molar-refractivity contribution < 1.29 is 38.1 Å². The summed E-state index contributed by atoms with van der Waals surface area (Å²) in [6.07, 6.45) is 4.38. The predicted molar refractivity (Wildman–Crippen MR) is 172 cm³/mol. The van der Waals surface area contributed by atoms with Gasteiger partial charge in [0, 0.05) is 61.9 Å². The highest BCUT2D eigenvalue weighted by Gasteiger charge is 2.34. The second-order valence-electron chi connectivity index (χ2n) is 11.3. The molecule has 0 spiro atoms. The number of hydrogen-bond donors (Lipinski definition) is 4. The molecule has 2 amide bonds. The molecule has 0 aliphatic carbocycles. The van der Waals surface area contributed by atoms with Gasteiger partial charge in [-0.25, -0.2) is 14.4 Å². The van der Waals surface area contributed by atoms with Crippen LogP contribution in [0.1, 0.15) is 22.3 Å². The van der Waals surface area contributed by atoms with E-state index in [0.717, 1.165) is 5.56 Å². The van der Waals surface area contributed by atoms with Gasteiger partial charge in [0.05, 0.1) is 23.9 Å². The van der Waals surface area contributed by atoms with Crippen molar-refractivity contribution in [3.63, 3.8) is 0 Å². The number of aliphatic hydroxyl groups is 1. The molecule has 4 heterocycles. The Morgan fingerprint density at radius 1 is 1.14 bits per heavy atom. The van der Waals surface area contributed by atoms with Crippen LogP contribution in [0.15, 0.2) is 48.9 Å². The number of rotatable bonds is 7. The molecule has 2 atom stereocenters. The first kappa shape index (κ1) is 34.7. The van der Waals surface area contributed by atoms with Gasteiger partial charge in [-0.15, -0.1) is 0 Å². The number of carbonyl (C=O) groups excluding carboxylic acids is 2. The van der Waals surface area contributed by atoms with E-state index in [1.807, 2.05) is 13.0 Å². The van der Waals surface area contributed by atoms with Crippen molar-refractivity contribution >= 4 is 35.4 Å². The van der Waals surface area contributed by atoms with Crippen LogP contribution in [0.2, 0.25) is 0 Å². The van der Waals surface area contributed by atoms with E-state index in [9.17, 15) is 23.5 Å². The van der Waals surface area contributed by atoms with Crippen LogP contribution in [0.3, 0.4) is 0 Å². The number of fused-ring (bicyclic) bond motifs is 1. The summed E-state index contributed by atoms with van der Waals surface area (Å²) in [6, 6.07) is 9.64. The van der Waals surface area contributed by atoms with Gasteiger partial charge in [0.2, 0.25) is 11.7 Å². The summed E-state index contributed by atoms with van der Waals surface area (Å²) in [5.41, 5.74) is 2.52. The summed E-state index contributed by atoms with van der Waals surface area (Å²) in [5.74, 6) is -2.93. The Labute approximate surface area is 279 Å². The van der Waals surface area contributed by atoms with Crippen LogP contribution in [0.5, 0.6) is 5.75 Å². The number of nitrogens with one attached hydrogen (secondary N) is 2. The molecule has 2 aliphatic rings. The average Bonchev–Trinajstić information content (AvgIpc) is 3.54. The number of anilines is 2. The Bertz CT molecular complexity index is 1890. The number of β-amino-alcohol motifs (C(OH)–C–C–N with tert-alkyl or cyclic N) is 1. The number of halogens is 2. The Hall–Kier alpha value is -5.66. The van der Waals surface area contributed by atoms with E-state index in [1.54, 1.807) is 38.6 Å². The van der Waals surface area contributed by atoms with Gasteiger partial charge in [0.1, 0.15) is 6.07 Å². The lowest BCUT2D eigenvalue weighted by atomic mass is 9.93. The largest absolute Gasteiger partial charge is 0.483 e. The monoisotopic (exact) mass is 676 g/mol. The molecule has 0 radical (unpaired) electrons. The molecule has 256 valence electrons. The van der Waals surface area contributed by atoms with Crippen LogP contribution >= 0.6 is 0 Å². The maximum atomic E-state index is 15.0. The maximum absolute atomic E-state index is 15.0. The first-order chi connectivity index (χ1) is 23.7. The number of aromatic nitrogens is 3. The number of ether oxygens (including phenoxy) is 1. The van der Waals surface area contributed by atoms with E-state index >= 15 is 0 Å². The van der Waals surface area contributed by atoms with Crippen molar-refractivity contribution in [3.05, 3.63) is 71.7 Å². The third-order valence-corrected chi connectivity index (χ3v) is 8.41. The zero-order chi connectivity index (χ0) is 35.1. The Morgan fingerprint density at radius 2 is 1.88 bits per heavy atom. The van der Waals surface area contributed by atoms with Crippen LogP contribution in [0.4, 0.5) is 20.3 Å². The van der Waals surface area contributed by atoms with E-state index in [4.69, 9.17) is 19.9 Å². The van der Waals surface area contributed by atoms with Crippen LogP contribution in [-0.2, 0) is 9.59 Å². The summed E-state index contributed by atoms with van der Waals surface area (Å²) in [4.78, 5) is 47.0. The number of hydrogen-bond acceptors (Lipinski definition) is 10. The number of aliphatic hydroxyl groups excluding tert-OH is 1. The number of carboxylic acid groups (broad SMARTS) is 1. The first-order valence-electron chi connectivity index (χ1n) is 15.4. The zero-order valence-electron chi connectivity index (χ0n) is 26.5. The third kappa shape index (κ3) is 7.42. The average molecular weight is 677 g/mol. The highest BCUT2D eigenvalue weighted by atomic mass is 19.2. The lowest BCUT2D eigenvalue weighted by Gasteiger charge is -2.38. The Balaban J connectivity index is 0.00000151. The molecule has 2 fully saturated rings. The number of aryl methyl sites for hydroxylation is 1. The molecule has 2 saturated heterocycles. The van der Waals surface area contributed by atoms with E-state index in [-0.39, 0.29) is 35.3 Å². The molecule has 4 N–H and O–H groups in total. The predicted octanol–water partition coefficient (Wildman–Crippen LogP) is 2.58. The van der Waals surface area contributed by atoms with Gasteiger partial charge in [0.25, 0.3) is 12.4 Å². The van der Waals surface area contributed by atoms with E-state index in [0.29, 0.717) is 68.4 Å². The van der Waals surface area contributed by atoms with Gasteiger partial charge in [-0.3, -0.25) is 18.8 Å². The minimum atomic E-state index is -1.20. The number of carbonyl (C=O) groups is 3. The van der Waals surface area contributed by atoms with Gasteiger partial charge in [-0.1, -0.05) is 0 Å². The van der Waals surface area contributed by atoms with Crippen LogP contribution in [0.25, 0.3) is 16.9 Å². The molecule has 2 aromatic heterocycles. The van der Waals surface area contributed by atoms with E-state index in [2.05, 4.69) is 20.6 Å². The van der Waals surface area contributed by atoms with Gasteiger partial charge in [-0.2, -0.15) is 9.65 Å². The van der Waals surface area contributed by atoms with Crippen LogP contribution in [-0.4, -0.2) is 105 Å². The van der Waals surface area contributed by atoms with Gasteiger partial charge in [0.15, 0.2) is 29.6 Å². The third-order valence-electron chi connectivity index (χ3n) is 8.41. The Kier molecular flexibility index (Phi) is 11.0. The summed E-state index contributed by atoms with van der Waals surface area (Å²) in [7, 11) is 0. The second kappa shape index (κ2) is 15.5. The zero-order valence-corrected chi connectivity index (χ0v) is 26.5. The van der Waals surface area contributed by atoms with Crippen LogP contribution in [0, 0.1) is 35.8 Å². The van der Waals surface area contributed by atoms with Crippen molar-refractivity contribution in [2.45, 2.75) is 19.4 Å². The van der Waals surface area contributed by atoms with Gasteiger partial charge < -0.3 is 35.4 Å². The first-order valence-corrected chi connectivity index (χ1v) is 15.4. The quantitative estimate of drug-likeness (QED) is 0.211. The summed E-state index contributed by atoms with van der Waals surface area (Å²) in [6.45, 7) is 3.91. The molecule has 16 heteroatoms. The number of amides is 2. The van der Waals surface area contributed by atoms with E-state index in [1.165, 1.54) is 24.5 Å². The van der Waals surface area contributed by atoms with Crippen molar-refractivity contribution in [2.24, 2.45) is 5.92 Å². The molecule has 0 unspecified atom stereocenters. The minimum Gasteiger partial charge on any atom is -0.483 e. The molecular formula is C33H34F2N8O6. The molecule has 14 nitrogen and oxygen atoms in total. The van der Waals surface area contributed by atoms with Crippen molar-refractivity contribution in [1.82, 2.24) is 29.5 Å². The number of piperazine rings is 1. The summed E-state index contributed by atoms with van der Waals surface area (Å²) >= 11 is 0. The van der Waals surface area contributed by atoms with Crippen molar-refractivity contribution in [3.8, 4) is 23.1 Å². The number of imidazole rings is 1. The lowest BCUT2D eigenvalue weighted by Crippen LogP contribution is -2.55. The normalized spacial score (nSPS) is 17.4. The van der Waals surface area contributed by atoms with Gasteiger partial charge >= 0.3 is 0 Å². The van der Waals surface area contributed by atoms with Crippen molar-refractivity contribution in [2.75, 3.05) is 51.2 Å². The van der Waals surface area contributed by atoms with Gasteiger partial charge in [-0.05, 0) is 55.8 Å². The Morgan fingerprint density at radius 3 is 2.57 bits per heavy atom. The molecule has 49 heavy (non-hydrogen) atoms. The minimum absolute atomic E-state index is 0.0424. The highest BCUT2D eigenvalue weighted by molar-refractivity contribution is 5.96. The number of nitriles is 1. The lowest BCUT2D eigenvalue weighted by molar-refractivity contribution is -0.142. The smallest absolute Gasteiger partial charge is 0.290 e. The molecule has 6 rings (SSSR count). The van der Waals surface area contributed by atoms with Crippen LogP contribution < -0.4 is 15.4 Å². The standard InChI is InChI=1S/C32H32F2N8O4.CH2O2/c1-19-16-20(2-3-21(19)31(44)40-11-13-41(14-12-40)32(45)23-6-8-36-18-25(23)43)39-29-30-38-17-24(42(30)10-9-37-29)22-4-5-26(46-15-7-35)28(34)27(22)33;2-1-3/h2-5,9-10,16-17,23,25,36,43H,6,8,11-15,18H2,1H3,(H,37,39);1H,(H,2,3)/t23-,25+;/m1./s1. The second-order valence-corrected chi connectivity index (χ2v) is 11.3. The molecule has 4 aromatic rings. The maximum Gasteiger partial charge on any atom is 0.290 e. The number of nitrogens with zero attached hydrogens (tertiary/aromatic N) is 6.